The van der Waals surface area contributed by atoms with Gasteiger partial charge in [0.15, 0.2) is 5.65 Å². The molecule has 4 nitrogen and oxygen atoms in total. The predicted octanol–water partition coefficient (Wildman–Crippen LogP) is 4.96. The Morgan fingerprint density at radius 2 is 2.08 bits per heavy atom. The van der Waals surface area contributed by atoms with Crippen molar-refractivity contribution in [2.45, 2.75) is 45.7 Å². The number of pyridine rings is 1. The Kier molecular flexibility index (Phi) is 4.48. The van der Waals surface area contributed by atoms with Crippen molar-refractivity contribution in [2.75, 3.05) is 6.54 Å². The first-order valence-corrected chi connectivity index (χ1v) is 9.29. The molecule has 130 valence electrons. The molecule has 4 rings (SSSR count). The number of rotatable bonds is 3. The molecular weight excluding hydrogens is 332 g/mol. The molecule has 0 amide bonds. The maximum Gasteiger partial charge on any atom is 0.157 e. The minimum absolute atomic E-state index is 0.309. The van der Waals surface area contributed by atoms with E-state index >= 15 is 0 Å². The lowest BCUT2D eigenvalue weighted by Gasteiger charge is -2.34. The Morgan fingerprint density at radius 3 is 2.92 bits per heavy atom. The van der Waals surface area contributed by atoms with Crippen LogP contribution in [0.5, 0.6) is 0 Å². The van der Waals surface area contributed by atoms with Gasteiger partial charge in [-0.15, -0.1) is 0 Å². The van der Waals surface area contributed by atoms with Crippen LogP contribution in [-0.2, 0) is 6.54 Å². The molecule has 1 aliphatic rings. The first-order valence-electron chi connectivity index (χ1n) is 8.91. The molecular formula is C20H23ClN4. The van der Waals surface area contributed by atoms with Crippen molar-refractivity contribution < 1.29 is 0 Å². The van der Waals surface area contributed by atoms with Crippen molar-refractivity contribution in [1.29, 1.82) is 0 Å². The molecule has 1 aliphatic heterocycles. The van der Waals surface area contributed by atoms with Gasteiger partial charge in [0.25, 0.3) is 0 Å². The van der Waals surface area contributed by atoms with Crippen LogP contribution in [0.2, 0.25) is 5.02 Å². The van der Waals surface area contributed by atoms with Crippen LogP contribution in [0, 0.1) is 13.8 Å². The number of hydrogen-bond acceptors (Lipinski definition) is 3. The molecule has 5 heteroatoms. The van der Waals surface area contributed by atoms with Gasteiger partial charge in [0.05, 0.1) is 11.1 Å². The van der Waals surface area contributed by atoms with Crippen LogP contribution in [0.3, 0.4) is 0 Å². The summed E-state index contributed by atoms with van der Waals surface area (Å²) in [4.78, 5) is 15.1. The van der Waals surface area contributed by atoms with Gasteiger partial charge in [0.1, 0.15) is 11.3 Å². The van der Waals surface area contributed by atoms with Gasteiger partial charge in [-0.3, -0.25) is 4.90 Å². The number of imidazole rings is 1. The maximum absolute atomic E-state index is 6.05. The quantitative estimate of drug-likeness (QED) is 0.723. The van der Waals surface area contributed by atoms with E-state index in [1.165, 1.54) is 29.5 Å². The van der Waals surface area contributed by atoms with Crippen LogP contribution in [0.1, 0.15) is 47.8 Å². The van der Waals surface area contributed by atoms with Crippen LogP contribution in [0.4, 0.5) is 0 Å². The Hall–Kier alpha value is -1.91. The summed E-state index contributed by atoms with van der Waals surface area (Å²) in [6.45, 7) is 6.40. The molecule has 2 aromatic heterocycles. The molecule has 1 atom stereocenters. The minimum atomic E-state index is 0.309. The summed E-state index contributed by atoms with van der Waals surface area (Å²) in [5.74, 6) is 1.01. The van der Waals surface area contributed by atoms with E-state index in [0.717, 1.165) is 36.5 Å². The van der Waals surface area contributed by atoms with Gasteiger partial charge in [0.2, 0.25) is 0 Å². The zero-order valence-electron chi connectivity index (χ0n) is 14.7. The summed E-state index contributed by atoms with van der Waals surface area (Å²) >= 11 is 6.05. The number of H-pyrrole nitrogens is 1. The van der Waals surface area contributed by atoms with E-state index in [1.807, 2.05) is 6.07 Å². The van der Waals surface area contributed by atoms with Crippen LogP contribution < -0.4 is 0 Å². The molecule has 25 heavy (non-hydrogen) atoms. The number of aromatic amines is 1. The zero-order valence-corrected chi connectivity index (χ0v) is 15.5. The summed E-state index contributed by atoms with van der Waals surface area (Å²) in [6.07, 6.45) is 5.27. The summed E-state index contributed by atoms with van der Waals surface area (Å²) in [5, 5.41) is 0.626. The normalized spacial score (nSPS) is 18.8. The fraction of sp³-hybridized carbons (Fsp3) is 0.400. The molecule has 3 aromatic rings. The number of aryl methyl sites for hydroxylation is 2. The Bertz CT molecular complexity index is 902. The lowest BCUT2D eigenvalue weighted by molar-refractivity contribution is 0.134. The van der Waals surface area contributed by atoms with Crippen molar-refractivity contribution in [3.63, 3.8) is 0 Å². The second kappa shape index (κ2) is 6.77. The Morgan fingerprint density at radius 1 is 1.20 bits per heavy atom. The van der Waals surface area contributed by atoms with Crippen LogP contribution in [0.25, 0.3) is 11.2 Å². The highest BCUT2D eigenvalue weighted by Crippen LogP contribution is 2.32. The van der Waals surface area contributed by atoms with Gasteiger partial charge in [-0.25, -0.2) is 9.97 Å². The highest BCUT2D eigenvalue weighted by molar-refractivity contribution is 6.31. The van der Waals surface area contributed by atoms with Gasteiger partial charge in [-0.05, 0) is 56.0 Å². The van der Waals surface area contributed by atoms with Gasteiger partial charge in [0, 0.05) is 12.7 Å². The summed E-state index contributed by atoms with van der Waals surface area (Å²) in [6, 6.07) is 8.95. The number of fused-ring (bicyclic) bond motifs is 1. The lowest BCUT2D eigenvalue weighted by atomic mass is 9.99. The van der Waals surface area contributed by atoms with Gasteiger partial charge in [-0.2, -0.15) is 0 Å². The van der Waals surface area contributed by atoms with Crippen molar-refractivity contribution in [3.05, 3.63) is 58.0 Å². The fourth-order valence-electron chi connectivity index (χ4n) is 3.67. The second-order valence-corrected chi connectivity index (χ2v) is 7.48. The van der Waals surface area contributed by atoms with Crippen molar-refractivity contribution >= 4 is 22.8 Å². The first-order chi connectivity index (χ1) is 12.1. The van der Waals surface area contributed by atoms with Crippen LogP contribution in [-0.4, -0.2) is 26.4 Å². The molecule has 0 bridgehead atoms. The number of halogens is 1. The van der Waals surface area contributed by atoms with E-state index < -0.39 is 0 Å². The Balaban J connectivity index is 1.62. The molecule has 0 saturated carbocycles. The number of hydrogen-bond donors (Lipinski definition) is 1. The topological polar surface area (TPSA) is 44.8 Å². The van der Waals surface area contributed by atoms with E-state index in [-0.39, 0.29) is 0 Å². The van der Waals surface area contributed by atoms with Gasteiger partial charge >= 0.3 is 0 Å². The monoisotopic (exact) mass is 354 g/mol. The van der Waals surface area contributed by atoms with E-state index in [0.29, 0.717) is 11.1 Å². The second-order valence-electron chi connectivity index (χ2n) is 7.04. The van der Waals surface area contributed by atoms with E-state index in [2.05, 4.69) is 46.9 Å². The molecule has 1 N–H and O–H groups in total. The molecule has 0 spiro atoms. The average molecular weight is 355 g/mol. The van der Waals surface area contributed by atoms with Crippen LogP contribution >= 0.6 is 11.6 Å². The highest BCUT2D eigenvalue weighted by Gasteiger charge is 2.26. The zero-order chi connectivity index (χ0) is 17.4. The maximum atomic E-state index is 6.05. The predicted molar refractivity (Wildman–Crippen MR) is 102 cm³/mol. The molecule has 1 unspecified atom stereocenters. The molecule has 1 saturated heterocycles. The SMILES string of the molecule is Cc1ccc(CN2CCCCC2c2nc3cc(Cl)cnc3[nH]2)cc1C. The lowest BCUT2D eigenvalue weighted by Crippen LogP contribution is -2.33. The largest absolute Gasteiger partial charge is 0.325 e. The van der Waals surface area contributed by atoms with Gasteiger partial charge in [-0.1, -0.05) is 36.2 Å². The van der Waals surface area contributed by atoms with Crippen LogP contribution in [0.15, 0.2) is 30.5 Å². The van der Waals surface area contributed by atoms with Crippen molar-refractivity contribution in [2.24, 2.45) is 0 Å². The molecule has 3 heterocycles. The number of piperidine rings is 1. The first kappa shape index (κ1) is 16.6. The molecule has 1 aromatic carbocycles. The average Bonchev–Trinajstić information content (AvgIpc) is 3.01. The number of aromatic nitrogens is 3. The Labute approximate surface area is 153 Å². The molecule has 0 radical (unpaired) electrons. The van der Waals surface area contributed by atoms with Crippen molar-refractivity contribution in [1.82, 2.24) is 19.9 Å². The third kappa shape index (κ3) is 3.42. The number of nitrogens with one attached hydrogen (secondary N) is 1. The summed E-state index contributed by atoms with van der Waals surface area (Å²) < 4.78 is 0. The third-order valence-electron chi connectivity index (χ3n) is 5.21. The fourth-order valence-corrected chi connectivity index (χ4v) is 3.83. The summed E-state index contributed by atoms with van der Waals surface area (Å²) in [7, 11) is 0. The minimum Gasteiger partial charge on any atom is -0.325 e. The smallest absolute Gasteiger partial charge is 0.157 e. The van der Waals surface area contributed by atoms with Crippen molar-refractivity contribution in [3.8, 4) is 0 Å². The van der Waals surface area contributed by atoms with E-state index in [9.17, 15) is 0 Å². The molecule has 0 aliphatic carbocycles. The standard InChI is InChI=1S/C20H23ClN4/c1-13-6-7-15(9-14(13)2)12-25-8-4-3-5-18(25)20-23-17-10-16(21)11-22-19(17)24-20/h6-7,9-11,18H,3-5,8,12H2,1-2H3,(H,22,23,24). The number of nitrogens with zero attached hydrogens (tertiary/aromatic N) is 3. The van der Waals surface area contributed by atoms with Gasteiger partial charge < -0.3 is 4.98 Å². The highest BCUT2D eigenvalue weighted by atomic mass is 35.5. The number of benzene rings is 1. The number of likely N-dealkylation sites (tertiary alicyclic amines) is 1. The van der Waals surface area contributed by atoms with E-state index in [1.54, 1.807) is 6.20 Å². The molecule has 1 fully saturated rings. The van der Waals surface area contributed by atoms with E-state index in [4.69, 9.17) is 16.6 Å². The third-order valence-corrected chi connectivity index (χ3v) is 5.41. The summed E-state index contributed by atoms with van der Waals surface area (Å²) in [5.41, 5.74) is 5.73.